The van der Waals surface area contributed by atoms with Crippen molar-refractivity contribution in [2.45, 2.75) is 10.6 Å². The number of hydrogen-bond acceptors (Lipinski definition) is 5. The van der Waals surface area contributed by atoms with Crippen molar-refractivity contribution in [1.29, 1.82) is 0 Å². The number of benzene rings is 1. The second kappa shape index (κ2) is 5.15. The molecule has 2 rings (SSSR count). The number of aromatic nitrogens is 2. The van der Waals surface area contributed by atoms with Crippen molar-refractivity contribution in [2.75, 3.05) is 0 Å². The highest BCUT2D eigenvalue weighted by Crippen LogP contribution is 2.19. The quantitative estimate of drug-likeness (QED) is 0.901. The molecule has 1 aromatic carbocycles. The summed E-state index contributed by atoms with van der Waals surface area (Å²) in [5, 5.41) is 9.00. The van der Waals surface area contributed by atoms with Gasteiger partial charge in [0.1, 0.15) is 11.6 Å². The van der Waals surface area contributed by atoms with Gasteiger partial charge < -0.3 is 5.11 Å². The first-order chi connectivity index (χ1) is 9.00. The number of carboxylic acid groups (broad SMARTS) is 1. The number of hydrogen-bond donors (Lipinski definition) is 1. The molecule has 0 radical (unpaired) electrons. The molecule has 1 aromatic heterocycles. The van der Waals surface area contributed by atoms with Crippen molar-refractivity contribution in [2.24, 2.45) is 0 Å². The highest BCUT2D eigenvalue weighted by Gasteiger charge is 2.23. The van der Waals surface area contributed by atoms with Gasteiger partial charge in [0.05, 0.1) is 10.5 Å². The minimum absolute atomic E-state index is 0.127. The standard InChI is InChI=1S/C12H10N2O4S/c15-12(16)9-4-1-2-5-10(9)19(17,18)8-11-13-6-3-7-14-11/h1-7H,8H2,(H,15,16). The van der Waals surface area contributed by atoms with Gasteiger partial charge in [0.15, 0.2) is 9.84 Å². The summed E-state index contributed by atoms with van der Waals surface area (Å²) in [6.07, 6.45) is 2.86. The molecule has 0 saturated carbocycles. The average Bonchev–Trinajstić information content (AvgIpc) is 2.39. The topological polar surface area (TPSA) is 97.2 Å². The van der Waals surface area contributed by atoms with Crippen molar-refractivity contribution >= 4 is 15.8 Å². The van der Waals surface area contributed by atoms with Crippen LogP contribution in [0.2, 0.25) is 0 Å². The number of rotatable bonds is 4. The molecule has 1 N–H and O–H groups in total. The molecule has 19 heavy (non-hydrogen) atoms. The summed E-state index contributed by atoms with van der Waals surface area (Å²) < 4.78 is 24.4. The van der Waals surface area contributed by atoms with Crippen molar-refractivity contribution in [3.8, 4) is 0 Å². The predicted molar refractivity (Wildman–Crippen MR) is 66.3 cm³/mol. The lowest BCUT2D eigenvalue weighted by Crippen LogP contribution is -2.12. The van der Waals surface area contributed by atoms with E-state index in [-0.39, 0.29) is 16.3 Å². The van der Waals surface area contributed by atoms with Gasteiger partial charge in [0.25, 0.3) is 0 Å². The van der Waals surface area contributed by atoms with Crippen LogP contribution in [-0.2, 0) is 15.6 Å². The number of nitrogens with zero attached hydrogens (tertiary/aromatic N) is 2. The summed E-state index contributed by atoms with van der Waals surface area (Å²) in [7, 11) is -3.79. The Kier molecular flexibility index (Phi) is 3.57. The maximum atomic E-state index is 12.2. The van der Waals surface area contributed by atoms with E-state index in [1.807, 2.05) is 0 Å². The molecule has 0 aliphatic carbocycles. The second-order valence-electron chi connectivity index (χ2n) is 3.73. The molecule has 6 nitrogen and oxygen atoms in total. The van der Waals surface area contributed by atoms with E-state index in [0.29, 0.717) is 0 Å². The van der Waals surface area contributed by atoms with E-state index < -0.39 is 21.6 Å². The van der Waals surface area contributed by atoms with E-state index >= 15 is 0 Å². The Morgan fingerprint density at radius 1 is 1.11 bits per heavy atom. The van der Waals surface area contributed by atoms with E-state index in [2.05, 4.69) is 9.97 Å². The fourth-order valence-electron chi connectivity index (χ4n) is 1.57. The second-order valence-corrected chi connectivity index (χ2v) is 5.68. The summed E-state index contributed by atoms with van der Waals surface area (Å²) in [6, 6.07) is 7.04. The molecular weight excluding hydrogens is 268 g/mol. The smallest absolute Gasteiger partial charge is 0.337 e. The van der Waals surface area contributed by atoms with Crippen LogP contribution in [0.3, 0.4) is 0 Å². The molecule has 0 atom stereocenters. The lowest BCUT2D eigenvalue weighted by Gasteiger charge is -2.06. The Balaban J connectivity index is 2.43. The van der Waals surface area contributed by atoms with Gasteiger partial charge in [-0.2, -0.15) is 0 Å². The highest BCUT2D eigenvalue weighted by atomic mass is 32.2. The average molecular weight is 278 g/mol. The van der Waals surface area contributed by atoms with Gasteiger partial charge in [-0.3, -0.25) is 0 Å². The van der Waals surface area contributed by atoms with Crippen LogP contribution in [0.5, 0.6) is 0 Å². The molecule has 1 heterocycles. The van der Waals surface area contributed by atoms with E-state index in [4.69, 9.17) is 5.11 Å². The van der Waals surface area contributed by atoms with Gasteiger partial charge >= 0.3 is 5.97 Å². The molecule has 2 aromatic rings. The van der Waals surface area contributed by atoms with Gasteiger partial charge in [0, 0.05) is 12.4 Å². The van der Waals surface area contributed by atoms with Crippen molar-refractivity contribution in [1.82, 2.24) is 9.97 Å². The lowest BCUT2D eigenvalue weighted by molar-refractivity contribution is 0.0692. The Hall–Kier alpha value is -2.28. The summed E-state index contributed by atoms with van der Waals surface area (Å²) in [4.78, 5) is 18.5. The fourth-order valence-corrected chi connectivity index (χ4v) is 2.99. The zero-order valence-corrected chi connectivity index (χ0v) is 10.5. The maximum Gasteiger partial charge on any atom is 0.337 e. The van der Waals surface area contributed by atoms with Crippen LogP contribution in [0.15, 0.2) is 47.6 Å². The number of carbonyl (C=O) groups is 1. The van der Waals surface area contributed by atoms with E-state index in [0.717, 1.165) is 0 Å². The van der Waals surface area contributed by atoms with Crippen LogP contribution in [0.1, 0.15) is 16.2 Å². The Bertz CT molecular complexity index is 699. The summed E-state index contributed by atoms with van der Waals surface area (Å²) in [5.41, 5.74) is -0.251. The van der Waals surface area contributed by atoms with Gasteiger partial charge in [-0.05, 0) is 18.2 Å². The first-order valence-electron chi connectivity index (χ1n) is 5.32. The lowest BCUT2D eigenvalue weighted by atomic mass is 10.2. The number of aromatic carboxylic acids is 1. The molecule has 0 bridgehead atoms. The van der Waals surface area contributed by atoms with Gasteiger partial charge in [-0.25, -0.2) is 23.2 Å². The number of sulfone groups is 1. The van der Waals surface area contributed by atoms with E-state index in [9.17, 15) is 13.2 Å². The SMILES string of the molecule is O=C(O)c1ccccc1S(=O)(=O)Cc1ncccn1. The first-order valence-corrected chi connectivity index (χ1v) is 6.97. The summed E-state index contributed by atoms with van der Waals surface area (Å²) >= 11 is 0. The molecule has 0 aliphatic rings. The fraction of sp³-hybridized carbons (Fsp3) is 0.0833. The van der Waals surface area contributed by atoms with Gasteiger partial charge in [0.2, 0.25) is 0 Å². The monoisotopic (exact) mass is 278 g/mol. The van der Waals surface area contributed by atoms with Crippen LogP contribution < -0.4 is 0 Å². The van der Waals surface area contributed by atoms with Crippen LogP contribution in [0, 0.1) is 0 Å². The molecule has 0 unspecified atom stereocenters. The minimum atomic E-state index is -3.79. The zero-order chi connectivity index (χ0) is 13.9. The summed E-state index contributed by atoms with van der Waals surface area (Å²) in [6.45, 7) is 0. The van der Waals surface area contributed by atoms with E-state index in [1.165, 1.54) is 36.7 Å². The third kappa shape index (κ3) is 2.94. The maximum absolute atomic E-state index is 12.2. The van der Waals surface area contributed by atoms with Crippen molar-refractivity contribution in [3.05, 3.63) is 54.1 Å². The van der Waals surface area contributed by atoms with Crippen molar-refractivity contribution < 1.29 is 18.3 Å². The van der Waals surface area contributed by atoms with Crippen LogP contribution in [-0.4, -0.2) is 29.5 Å². The zero-order valence-electron chi connectivity index (χ0n) is 9.72. The predicted octanol–water partition coefficient (Wildman–Crippen LogP) is 1.15. The summed E-state index contributed by atoms with van der Waals surface area (Å²) in [5.74, 6) is -1.59. The molecule has 0 saturated heterocycles. The molecule has 7 heteroatoms. The minimum Gasteiger partial charge on any atom is -0.478 e. The molecule has 0 spiro atoms. The number of carboxylic acids is 1. The third-order valence-corrected chi connectivity index (χ3v) is 4.06. The molecule has 0 aliphatic heterocycles. The third-order valence-electron chi connectivity index (χ3n) is 2.39. The highest BCUT2D eigenvalue weighted by molar-refractivity contribution is 7.90. The molecule has 98 valence electrons. The van der Waals surface area contributed by atoms with Crippen LogP contribution in [0.25, 0.3) is 0 Å². The van der Waals surface area contributed by atoms with Gasteiger partial charge in [-0.15, -0.1) is 0 Å². The van der Waals surface area contributed by atoms with Gasteiger partial charge in [-0.1, -0.05) is 12.1 Å². The Morgan fingerprint density at radius 2 is 1.74 bits per heavy atom. The first kappa shape index (κ1) is 13.2. The largest absolute Gasteiger partial charge is 0.478 e. The molecular formula is C12H10N2O4S. The normalized spacial score (nSPS) is 11.2. The van der Waals surface area contributed by atoms with Crippen LogP contribution in [0.4, 0.5) is 0 Å². The van der Waals surface area contributed by atoms with E-state index in [1.54, 1.807) is 6.07 Å². The Morgan fingerprint density at radius 3 is 2.37 bits per heavy atom. The molecule has 0 amide bonds. The van der Waals surface area contributed by atoms with Crippen LogP contribution >= 0.6 is 0 Å². The Labute approximate surface area is 109 Å². The van der Waals surface area contributed by atoms with Crippen molar-refractivity contribution in [3.63, 3.8) is 0 Å². The molecule has 0 fully saturated rings.